The van der Waals surface area contributed by atoms with Crippen molar-refractivity contribution in [3.63, 3.8) is 0 Å². The fourth-order valence-corrected chi connectivity index (χ4v) is 2.62. The second kappa shape index (κ2) is 6.55. The lowest BCUT2D eigenvalue weighted by molar-refractivity contribution is 0.0692. The number of carbonyl (C=O) groups is 1. The van der Waals surface area contributed by atoms with Crippen LogP contribution in [0.1, 0.15) is 55.3 Å². The molecule has 0 spiro atoms. The molecule has 19 heavy (non-hydrogen) atoms. The van der Waals surface area contributed by atoms with Gasteiger partial charge in [0.05, 0.1) is 5.56 Å². The molecule has 2 N–H and O–H groups in total. The van der Waals surface area contributed by atoms with Gasteiger partial charge in [-0.25, -0.2) is 9.18 Å². The van der Waals surface area contributed by atoms with Crippen molar-refractivity contribution in [3.8, 4) is 0 Å². The zero-order valence-electron chi connectivity index (χ0n) is 11.0. The Kier molecular flexibility index (Phi) is 4.77. The number of hydrogen-bond donors (Lipinski definition) is 2. The van der Waals surface area contributed by atoms with E-state index >= 15 is 0 Å². The summed E-state index contributed by atoms with van der Waals surface area (Å²) in [5, 5.41) is 12.3. The van der Waals surface area contributed by atoms with Crippen LogP contribution in [0.15, 0.2) is 18.2 Å². The Morgan fingerprint density at radius 2 is 1.79 bits per heavy atom. The van der Waals surface area contributed by atoms with Crippen molar-refractivity contribution in [1.82, 2.24) is 0 Å². The molecular weight excluding hydrogens is 245 g/mol. The Bertz CT molecular complexity index is 440. The molecule has 0 aromatic heterocycles. The lowest BCUT2D eigenvalue weighted by Crippen LogP contribution is -2.20. The Balaban J connectivity index is 2.05. The van der Waals surface area contributed by atoms with Crippen molar-refractivity contribution >= 4 is 11.7 Å². The van der Waals surface area contributed by atoms with Gasteiger partial charge in [0, 0.05) is 11.7 Å². The van der Waals surface area contributed by atoms with E-state index in [0.717, 1.165) is 12.8 Å². The van der Waals surface area contributed by atoms with Crippen LogP contribution >= 0.6 is 0 Å². The fourth-order valence-electron chi connectivity index (χ4n) is 2.62. The molecule has 0 amide bonds. The summed E-state index contributed by atoms with van der Waals surface area (Å²) in [5.74, 6) is -1.91. The minimum Gasteiger partial charge on any atom is -0.478 e. The molecule has 1 aromatic carbocycles. The number of nitrogens with one attached hydrogen (secondary N) is 1. The number of anilines is 1. The van der Waals surface area contributed by atoms with E-state index in [1.165, 1.54) is 44.2 Å². The van der Waals surface area contributed by atoms with Crippen LogP contribution in [0.2, 0.25) is 0 Å². The Labute approximate surface area is 112 Å². The van der Waals surface area contributed by atoms with Gasteiger partial charge in [0.1, 0.15) is 5.82 Å². The summed E-state index contributed by atoms with van der Waals surface area (Å²) in [5.41, 5.74) is 0.431. The molecule has 1 aromatic rings. The van der Waals surface area contributed by atoms with E-state index in [9.17, 15) is 9.18 Å². The highest BCUT2D eigenvalue weighted by atomic mass is 19.1. The van der Waals surface area contributed by atoms with E-state index in [2.05, 4.69) is 5.32 Å². The van der Waals surface area contributed by atoms with Crippen LogP contribution < -0.4 is 5.32 Å². The molecule has 0 radical (unpaired) electrons. The van der Waals surface area contributed by atoms with Gasteiger partial charge in [-0.15, -0.1) is 0 Å². The molecule has 0 aliphatic heterocycles. The van der Waals surface area contributed by atoms with Gasteiger partial charge in [0.15, 0.2) is 0 Å². The smallest absolute Gasteiger partial charge is 0.338 e. The summed E-state index contributed by atoms with van der Waals surface area (Å²) in [6.45, 7) is 0. The second-order valence-electron chi connectivity index (χ2n) is 5.19. The quantitative estimate of drug-likeness (QED) is 0.866. The van der Waals surface area contributed by atoms with E-state index in [0.29, 0.717) is 11.7 Å². The number of halogens is 1. The summed E-state index contributed by atoms with van der Waals surface area (Å²) in [6, 6.07) is 4.58. The van der Waals surface area contributed by atoms with Crippen LogP contribution in [0.5, 0.6) is 0 Å². The number of carboxylic acid groups (broad SMARTS) is 1. The van der Waals surface area contributed by atoms with E-state index in [1.54, 1.807) is 6.07 Å². The number of hydrogen-bond acceptors (Lipinski definition) is 2. The molecular formula is C15H20FNO2. The lowest BCUT2D eigenvalue weighted by atomic mass is 9.96. The molecule has 1 fully saturated rings. The van der Waals surface area contributed by atoms with Crippen molar-refractivity contribution in [1.29, 1.82) is 0 Å². The maximum absolute atomic E-state index is 13.3. The van der Waals surface area contributed by atoms with Crippen LogP contribution in [-0.2, 0) is 0 Å². The standard InChI is InChI=1S/C15H20FNO2/c16-14-9-8-12(10-13(14)15(18)19)17-11-6-4-2-1-3-5-7-11/h8-11,17H,1-7H2,(H,18,19). The maximum Gasteiger partial charge on any atom is 0.338 e. The van der Waals surface area contributed by atoms with E-state index in [4.69, 9.17) is 5.11 Å². The predicted molar refractivity (Wildman–Crippen MR) is 73.1 cm³/mol. The van der Waals surface area contributed by atoms with Crippen molar-refractivity contribution in [3.05, 3.63) is 29.6 Å². The second-order valence-corrected chi connectivity index (χ2v) is 5.19. The highest BCUT2D eigenvalue weighted by Crippen LogP contribution is 2.22. The maximum atomic E-state index is 13.3. The lowest BCUT2D eigenvalue weighted by Gasteiger charge is -2.22. The summed E-state index contributed by atoms with van der Waals surface area (Å²) in [7, 11) is 0. The van der Waals surface area contributed by atoms with Crippen LogP contribution in [0, 0.1) is 5.82 Å². The summed E-state index contributed by atoms with van der Waals surface area (Å²) in [4.78, 5) is 10.9. The first-order valence-electron chi connectivity index (χ1n) is 6.96. The zero-order valence-corrected chi connectivity index (χ0v) is 11.0. The average Bonchev–Trinajstić information content (AvgIpc) is 2.34. The third-order valence-electron chi connectivity index (χ3n) is 3.67. The van der Waals surface area contributed by atoms with Crippen LogP contribution in [0.25, 0.3) is 0 Å². The van der Waals surface area contributed by atoms with Crippen LogP contribution in [0.4, 0.5) is 10.1 Å². The molecule has 1 aliphatic rings. The van der Waals surface area contributed by atoms with Crippen molar-refractivity contribution in [2.45, 2.75) is 51.0 Å². The molecule has 104 valence electrons. The van der Waals surface area contributed by atoms with Gasteiger partial charge in [-0.3, -0.25) is 0 Å². The highest BCUT2D eigenvalue weighted by Gasteiger charge is 2.14. The van der Waals surface area contributed by atoms with Gasteiger partial charge in [0.25, 0.3) is 0 Å². The van der Waals surface area contributed by atoms with Crippen molar-refractivity contribution < 1.29 is 14.3 Å². The van der Waals surface area contributed by atoms with E-state index in [-0.39, 0.29) is 5.56 Å². The third kappa shape index (κ3) is 3.94. The number of carboxylic acids is 1. The average molecular weight is 265 g/mol. The van der Waals surface area contributed by atoms with Gasteiger partial charge in [-0.1, -0.05) is 32.1 Å². The topological polar surface area (TPSA) is 49.3 Å². The van der Waals surface area contributed by atoms with Gasteiger partial charge in [-0.2, -0.15) is 0 Å². The normalized spacial score (nSPS) is 17.5. The molecule has 0 atom stereocenters. The first-order chi connectivity index (χ1) is 9.16. The molecule has 1 saturated carbocycles. The van der Waals surface area contributed by atoms with Crippen LogP contribution in [0.3, 0.4) is 0 Å². The molecule has 2 rings (SSSR count). The summed E-state index contributed by atoms with van der Waals surface area (Å²) >= 11 is 0. The Hall–Kier alpha value is -1.58. The van der Waals surface area contributed by atoms with Gasteiger partial charge < -0.3 is 10.4 Å². The number of aromatic carboxylic acids is 1. The van der Waals surface area contributed by atoms with Gasteiger partial charge in [0.2, 0.25) is 0 Å². The predicted octanol–water partition coefficient (Wildman–Crippen LogP) is 4.05. The first kappa shape index (κ1) is 13.8. The van der Waals surface area contributed by atoms with Gasteiger partial charge >= 0.3 is 5.97 Å². The molecule has 0 bridgehead atoms. The minimum atomic E-state index is -1.22. The summed E-state index contributed by atoms with van der Waals surface area (Å²) in [6.07, 6.45) is 8.44. The number of benzene rings is 1. The zero-order chi connectivity index (χ0) is 13.7. The minimum absolute atomic E-state index is 0.268. The molecule has 3 nitrogen and oxygen atoms in total. The van der Waals surface area contributed by atoms with E-state index in [1.807, 2.05) is 0 Å². The highest BCUT2D eigenvalue weighted by molar-refractivity contribution is 5.89. The Morgan fingerprint density at radius 3 is 2.42 bits per heavy atom. The van der Waals surface area contributed by atoms with Gasteiger partial charge in [-0.05, 0) is 31.0 Å². The first-order valence-corrected chi connectivity index (χ1v) is 6.96. The molecule has 0 heterocycles. The molecule has 0 unspecified atom stereocenters. The van der Waals surface area contributed by atoms with E-state index < -0.39 is 11.8 Å². The molecule has 1 aliphatic carbocycles. The van der Waals surface area contributed by atoms with Crippen LogP contribution in [-0.4, -0.2) is 17.1 Å². The number of rotatable bonds is 3. The van der Waals surface area contributed by atoms with Crippen molar-refractivity contribution in [2.24, 2.45) is 0 Å². The molecule has 0 saturated heterocycles. The summed E-state index contributed by atoms with van der Waals surface area (Å²) < 4.78 is 13.3. The third-order valence-corrected chi connectivity index (χ3v) is 3.67. The Morgan fingerprint density at radius 1 is 1.16 bits per heavy atom. The monoisotopic (exact) mass is 265 g/mol. The van der Waals surface area contributed by atoms with Crippen molar-refractivity contribution in [2.75, 3.05) is 5.32 Å². The molecule has 4 heteroatoms. The largest absolute Gasteiger partial charge is 0.478 e. The fraction of sp³-hybridized carbons (Fsp3) is 0.533. The SMILES string of the molecule is O=C(O)c1cc(NC2CCCCCCC2)ccc1F.